The zero-order valence-electron chi connectivity index (χ0n) is 11.5. The number of rotatable bonds is 3. The van der Waals surface area contributed by atoms with Crippen molar-refractivity contribution < 1.29 is 14.4 Å². The molecule has 2 aromatic carbocycles. The van der Waals surface area contributed by atoms with Gasteiger partial charge in [-0.05, 0) is 24.6 Å². The molecule has 1 aliphatic heterocycles. The van der Waals surface area contributed by atoms with Crippen LogP contribution in [0.5, 0.6) is 0 Å². The van der Waals surface area contributed by atoms with Crippen LogP contribution in [0.25, 0.3) is 0 Å². The first kappa shape index (κ1) is 13.2. The number of nitrogens with zero attached hydrogens (tertiary/aromatic N) is 1. The van der Waals surface area contributed by atoms with E-state index in [1.54, 1.807) is 36.4 Å². The number of anilines is 1. The Hall–Kier alpha value is -2.75. The van der Waals surface area contributed by atoms with Crippen LogP contribution in [-0.4, -0.2) is 24.0 Å². The number of carbonyl (C=O) groups excluding carboxylic acids is 3. The molecule has 0 saturated heterocycles. The van der Waals surface area contributed by atoms with E-state index in [0.717, 1.165) is 5.56 Å². The molecule has 0 radical (unpaired) electrons. The van der Waals surface area contributed by atoms with E-state index in [9.17, 15) is 14.4 Å². The molecule has 1 aliphatic rings. The Kier molecular flexibility index (Phi) is 3.14. The van der Waals surface area contributed by atoms with Gasteiger partial charge in [0.2, 0.25) is 0 Å². The minimum absolute atomic E-state index is 0.119. The third-order valence-electron chi connectivity index (χ3n) is 3.63. The van der Waals surface area contributed by atoms with E-state index in [4.69, 9.17) is 0 Å². The van der Waals surface area contributed by atoms with Gasteiger partial charge < -0.3 is 0 Å². The molecule has 0 spiro atoms. The largest absolute Gasteiger partial charge is 0.299 e. The first-order valence-electron chi connectivity index (χ1n) is 6.63. The number of fused-ring (bicyclic) bond motifs is 1. The van der Waals surface area contributed by atoms with Gasteiger partial charge >= 0.3 is 0 Å². The van der Waals surface area contributed by atoms with Gasteiger partial charge in [-0.1, -0.05) is 36.4 Å². The number of carbonyl (C=O) groups is 3. The second-order valence-electron chi connectivity index (χ2n) is 4.98. The number of hydrogen-bond donors (Lipinski definition) is 0. The molecule has 0 N–H and O–H groups in total. The summed E-state index contributed by atoms with van der Waals surface area (Å²) in [6.07, 6.45) is 0. The summed E-state index contributed by atoms with van der Waals surface area (Å²) in [5.74, 6) is -1.37. The molecule has 0 aliphatic carbocycles. The SMILES string of the molecule is Cc1ccccc1C(=O)CN1C(=O)C(=O)c2ccccc21. The van der Waals surface area contributed by atoms with Crippen LogP contribution in [0, 0.1) is 6.92 Å². The Morgan fingerprint density at radius 1 is 1.00 bits per heavy atom. The average Bonchev–Trinajstić information content (AvgIpc) is 2.73. The van der Waals surface area contributed by atoms with Crippen LogP contribution in [0.4, 0.5) is 5.69 Å². The molecule has 1 heterocycles. The highest BCUT2D eigenvalue weighted by Crippen LogP contribution is 2.28. The average molecular weight is 279 g/mol. The summed E-state index contributed by atoms with van der Waals surface area (Å²) in [5.41, 5.74) is 2.30. The van der Waals surface area contributed by atoms with E-state index in [2.05, 4.69) is 0 Å². The van der Waals surface area contributed by atoms with Crippen LogP contribution >= 0.6 is 0 Å². The van der Waals surface area contributed by atoms with Crippen molar-refractivity contribution in [1.82, 2.24) is 0 Å². The zero-order valence-corrected chi connectivity index (χ0v) is 11.5. The second-order valence-corrected chi connectivity index (χ2v) is 4.98. The van der Waals surface area contributed by atoms with Crippen LogP contribution < -0.4 is 4.90 Å². The molecule has 0 unspecified atom stereocenters. The smallest absolute Gasteiger partial charge is 0.297 e. The van der Waals surface area contributed by atoms with E-state index < -0.39 is 11.7 Å². The van der Waals surface area contributed by atoms with Crippen molar-refractivity contribution in [2.45, 2.75) is 6.92 Å². The lowest BCUT2D eigenvalue weighted by Gasteiger charge is -2.16. The van der Waals surface area contributed by atoms with Crippen molar-refractivity contribution in [1.29, 1.82) is 0 Å². The molecular formula is C17H13NO3. The highest BCUT2D eigenvalue weighted by Gasteiger charge is 2.36. The molecule has 0 atom stereocenters. The minimum atomic E-state index is -0.641. The molecule has 0 aromatic heterocycles. The molecule has 2 aromatic rings. The third-order valence-corrected chi connectivity index (χ3v) is 3.63. The fourth-order valence-electron chi connectivity index (χ4n) is 2.52. The molecule has 21 heavy (non-hydrogen) atoms. The summed E-state index contributed by atoms with van der Waals surface area (Å²) in [5, 5.41) is 0. The zero-order chi connectivity index (χ0) is 15.0. The van der Waals surface area contributed by atoms with Gasteiger partial charge in [0.1, 0.15) is 0 Å². The Morgan fingerprint density at radius 3 is 2.43 bits per heavy atom. The molecule has 0 saturated carbocycles. The maximum absolute atomic E-state index is 12.4. The van der Waals surface area contributed by atoms with Gasteiger partial charge in [-0.25, -0.2) is 0 Å². The molecule has 3 rings (SSSR count). The fourth-order valence-corrected chi connectivity index (χ4v) is 2.52. The summed E-state index contributed by atoms with van der Waals surface area (Å²) in [4.78, 5) is 37.6. The first-order valence-corrected chi connectivity index (χ1v) is 6.63. The fraction of sp³-hybridized carbons (Fsp3) is 0.118. The van der Waals surface area contributed by atoms with Gasteiger partial charge in [0.05, 0.1) is 17.8 Å². The molecule has 0 bridgehead atoms. The predicted molar refractivity (Wildman–Crippen MR) is 78.6 cm³/mol. The molecule has 4 heteroatoms. The number of benzene rings is 2. The summed E-state index contributed by atoms with van der Waals surface area (Å²) in [7, 11) is 0. The Bertz CT molecular complexity index is 764. The molecule has 1 amide bonds. The van der Waals surface area contributed by atoms with Gasteiger partial charge in [-0.15, -0.1) is 0 Å². The highest BCUT2D eigenvalue weighted by atomic mass is 16.2. The number of Topliss-reactive ketones (excluding diaryl/α,β-unsaturated/α-hetero) is 2. The normalized spacial score (nSPS) is 13.5. The quantitative estimate of drug-likeness (QED) is 0.640. The summed E-state index contributed by atoms with van der Waals surface area (Å²) < 4.78 is 0. The van der Waals surface area contributed by atoms with Gasteiger partial charge in [0.25, 0.3) is 11.7 Å². The number of hydrogen-bond acceptors (Lipinski definition) is 3. The second kappa shape index (κ2) is 4.98. The molecular weight excluding hydrogens is 266 g/mol. The van der Waals surface area contributed by atoms with Crippen LogP contribution in [-0.2, 0) is 4.79 Å². The minimum Gasteiger partial charge on any atom is -0.297 e. The van der Waals surface area contributed by atoms with E-state index >= 15 is 0 Å². The Morgan fingerprint density at radius 2 is 1.67 bits per heavy atom. The number of amides is 1. The summed E-state index contributed by atoms with van der Waals surface area (Å²) in [6.45, 7) is 1.73. The van der Waals surface area contributed by atoms with Crippen LogP contribution in [0.3, 0.4) is 0 Å². The predicted octanol–water partition coefficient (Wildman–Crippen LogP) is 2.41. The Balaban J connectivity index is 1.93. The van der Waals surface area contributed by atoms with Crippen LogP contribution in [0.15, 0.2) is 48.5 Å². The summed E-state index contributed by atoms with van der Waals surface area (Å²) in [6, 6.07) is 13.9. The van der Waals surface area contributed by atoms with Crippen molar-refractivity contribution in [2.75, 3.05) is 11.4 Å². The van der Waals surface area contributed by atoms with Crippen molar-refractivity contribution in [3.05, 3.63) is 65.2 Å². The van der Waals surface area contributed by atoms with Crippen molar-refractivity contribution in [2.24, 2.45) is 0 Å². The third kappa shape index (κ3) is 2.14. The van der Waals surface area contributed by atoms with Crippen LogP contribution in [0.1, 0.15) is 26.3 Å². The first-order chi connectivity index (χ1) is 10.1. The van der Waals surface area contributed by atoms with Gasteiger partial charge in [0, 0.05) is 5.56 Å². The number of aryl methyl sites for hydroxylation is 1. The van der Waals surface area contributed by atoms with E-state index in [1.807, 2.05) is 19.1 Å². The van der Waals surface area contributed by atoms with Crippen molar-refractivity contribution in [3.63, 3.8) is 0 Å². The van der Waals surface area contributed by atoms with Crippen LogP contribution in [0.2, 0.25) is 0 Å². The monoisotopic (exact) mass is 279 g/mol. The maximum atomic E-state index is 12.4. The standard InChI is InChI=1S/C17H13NO3/c1-11-6-2-3-7-12(11)15(19)10-18-14-9-5-4-8-13(14)16(20)17(18)21/h2-9H,10H2,1H3. The van der Waals surface area contributed by atoms with Crippen molar-refractivity contribution in [3.8, 4) is 0 Å². The van der Waals surface area contributed by atoms with E-state index in [-0.39, 0.29) is 12.3 Å². The van der Waals surface area contributed by atoms with E-state index in [0.29, 0.717) is 16.8 Å². The number of para-hydroxylation sites is 1. The lowest BCUT2D eigenvalue weighted by molar-refractivity contribution is -0.114. The molecule has 4 nitrogen and oxygen atoms in total. The topological polar surface area (TPSA) is 54.5 Å². The molecule has 0 fully saturated rings. The maximum Gasteiger partial charge on any atom is 0.299 e. The number of ketones is 2. The summed E-state index contributed by atoms with van der Waals surface area (Å²) >= 11 is 0. The molecule has 104 valence electrons. The van der Waals surface area contributed by atoms with E-state index in [1.165, 1.54) is 4.90 Å². The van der Waals surface area contributed by atoms with Crippen molar-refractivity contribution >= 4 is 23.2 Å². The van der Waals surface area contributed by atoms with Gasteiger partial charge in [-0.3, -0.25) is 19.3 Å². The Labute approximate surface area is 122 Å². The van der Waals surface area contributed by atoms with Gasteiger partial charge in [-0.2, -0.15) is 0 Å². The van der Waals surface area contributed by atoms with Gasteiger partial charge in [0.15, 0.2) is 5.78 Å². The lowest BCUT2D eigenvalue weighted by atomic mass is 10.0. The highest BCUT2D eigenvalue weighted by molar-refractivity contribution is 6.52. The lowest BCUT2D eigenvalue weighted by Crippen LogP contribution is -2.34.